The maximum atomic E-state index is 12.2. The minimum atomic E-state index is -0.877. The Bertz CT molecular complexity index is 332. The Morgan fingerprint density at radius 2 is 2.00 bits per heavy atom. The van der Waals surface area contributed by atoms with Crippen LogP contribution in [-0.4, -0.2) is 47.7 Å². The average Bonchev–Trinajstić information content (AvgIpc) is 2.38. The van der Waals surface area contributed by atoms with Crippen LogP contribution in [0.3, 0.4) is 0 Å². The molecule has 0 bridgehead atoms. The predicted octanol–water partition coefficient (Wildman–Crippen LogP) is 1.43. The van der Waals surface area contributed by atoms with Crippen LogP contribution in [0.2, 0.25) is 0 Å². The number of nitrogens with zero attached hydrogens (tertiary/aromatic N) is 1. The fourth-order valence-electron chi connectivity index (χ4n) is 2.01. The highest BCUT2D eigenvalue weighted by Gasteiger charge is 2.26. The molecule has 0 unspecified atom stereocenters. The number of aliphatic carboxylic acids is 1. The van der Waals surface area contributed by atoms with Gasteiger partial charge in [-0.2, -0.15) is 0 Å². The van der Waals surface area contributed by atoms with E-state index in [1.807, 2.05) is 6.92 Å². The van der Waals surface area contributed by atoms with Gasteiger partial charge < -0.3 is 14.7 Å². The summed E-state index contributed by atoms with van der Waals surface area (Å²) in [7, 11) is 0. The van der Waals surface area contributed by atoms with Crippen molar-refractivity contribution < 1.29 is 19.4 Å². The van der Waals surface area contributed by atoms with E-state index in [0.29, 0.717) is 18.8 Å². The largest absolute Gasteiger partial charge is 0.481 e. The lowest BCUT2D eigenvalue weighted by molar-refractivity contribution is -0.139. The van der Waals surface area contributed by atoms with Gasteiger partial charge in [-0.15, -0.1) is 0 Å². The summed E-state index contributed by atoms with van der Waals surface area (Å²) in [5, 5.41) is 8.76. The van der Waals surface area contributed by atoms with Crippen molar-refractivity contribution in [3.63, 3.8) is 0 Å². The Morgan fingerprint density at radius 1 is 1.39 bits per heavy atom. The van der Waals surface area contributed by atoms with E-state index in [1.165, 1.54) is 0 Å². The van der Waals surface area contributed by atoms with Crippen molar-refractivity contribution in [1.82, 2.24) is 4.90 Å². The lowest BCUT2D eigenvalue weighted by Crippen LogP contribution is -2.44. The number of carboxylic acid groups (broad SMARTS) is 1. The van der Waals surface area contributed by atoms with Crippen LogP contribution in [0.15, 0.2) is 11.6 Å². The third kappa shape index (κ3) is 4.14. The minimum Gasteiger partial charge on any atom is -0.481 e. The summed E-state index contributed by atoms with van der Waals surface area (Å²) in [5.74, 6) is -0.941. The average molecular weight is 255 g/mol. The standard InChI is InChI=1S/C13H21NO4/c1-3-10(2)13(17)14(7-4-12(15)16)11-5-8-18-9-6-11/h3,11H,4-9H2,1-2H3,(H,15,16)/b10-3-. The molecule has 0 saturated carbocycles. The third-order valence-electron chi connectivity index (χ3n) is 3.23. The summed E-state index contributed by atoms with van der Waals surface area (Å²) in [6.07, 6.45) is 3.31. The lowest BCUT2D eigenvalue weighted by Gasteiger charge is -2.34. The minimum absolute atomic E-state index is 0.0138. The molecular formula is C13H21NO4. The molecule has 0 spiro atoms. The summed E-state index contributed by atoms with van der Waals surface area (Å²) in [6, 6.07) is 0.0977. The SMILES string of the molecule is C/C=C(/C)C(=O)N(CCC(=O)O)C1CCOCC1. The number of ether oxygens (including phenoxy) is 1. The summed E-state index contributed by atoms with van der Waals surface area (Å²) >= 11 is 0. The van der Waals surface area contributed by atoms with Crippen LogP contribution in [0.4, 0.5) is 0 Å². The number of hydrogen-bond acceptors (Lipinski definition) is 3. The van der Waals surface area contributed by atoms with Gasteiger partial charge in [0, 0.05) is 31.4 Å². The number of hydrogen-bond donors (Lipinski definition) is 1. The van der Waals surface area contributed by atoms with E-state index in [9.17, 15) is 9.59 Å². The first-order valence-electron chi connectivity index (χ1n) is 6.29. The zero-order valence-electron chi connectivity index (χ0n) is 11.0. The van der Waals surface area contributed by atoms with E-state index < -0.39 is 5.97 Å². The van der Waals surface area contributed by atoms with Crippen LogP contribution in [0, 0.1) is 0 Å². The van der Waals surface area contributed by atoms with Crippen LogP contribution < -0.4 is 0 Å². The van der Waals surface area contributed by atoms with Crippen molar-refractivity contribution in [2.45, 2.75) is 39.2 Å². The molecule has 1 rings (SSSR count). The number of carbonyl (C=O) groups is 2. The second-order valence-electron chi connectivity index (χ2n) is 4.46. The molecule has 18 heavy (non-hydrogen) atoms. The highest BCUT2D eigenvalue weighted by molar-refractivity contribution is 5.93. The molecular weight excluding hydrogens is 234 g/mol. The fraction of sp³-hybridized carbons (Fsp3) is 0.692. The van der Waals surface area contributed by atoms with Crippen molar-refractivity contribution in [3.05, 3.63) is 11.6 Å². The van der Waals surface area contributed by atoms with Crippen molar-refractivity contribution in [2.75, 3.05) is 19.8 Å². The molecule has 0 radical (unpaired) electrons. The van der Waals surface area contributed by atoms with Gasteiger partial charge in [-0.1, -0.05) is 6.08 Å². The van der Waals surface area contributed by atoms with Crippen LogP contribution in [0.5, 0.6) is 0 Å². The molecule has 0 aromatic carbocycles. The molecule has 1 amide bonds. The van der Waals surface area contributed by atoms with E-state index in [2.05, 4.69) is 0 Å². The van der Waals surface area contributed by atoms with Gasteiger partial charge in [0.2, 0.25) is 5.91 Å². The molecule has 5 heteroatoms. The van der Waals surface area contributed by atoms with Crippen LogP contribution in [0.1, 0.15) is 33.1 Å². The molecule has 1 heterocycles. The first kappa shape index (κ1) is 14.7. The number of amides is 1. The van der Waals surface area contributed by atoms with Gasteiger partial charge in [-0.25, -0.2) is 0 Å². The lowest BCUT2D eigenvalue weighted by atomic mass is 10.1. The zero-order valence-corrected chi connectivity index (χ0v) is 11.0. The summed E-state index contributed by atoms with van der Waals surface area (Å²) in [4.78, 5) is 24.6. The summed E-state index contributed by atoms with van der Waals surface area (Å²) < 4.78 is 5.27. The van der Waals surface area contributed by atoms with Crippen molar-refractivity contribution >= 4 is 11.9 Å². The van der Waals surface area contributed by atoms with Crippen molar-refractivity contribution in [2.24, 2.45) is 0 Å². The normalized spacial score (nSPS) is 17.6. The van der Waals surface area contributed by atoms with E-state index in [1.54, 1.807) is 17.9 Å². The Balaban J connectivity index is 2.72. The van der Waals surface area contributed by atoms with Gasteiger partial charge in [0.15, 0.2) is 0 Å². The van der Waals surface area contributed by atoms with Crippen molar-refractivity contribution in [3.8, 4) is 0 Å². The molecule has 0 aromatic rings. The van der Waals surface area contributed by atoms with E-state index in [4.69, 9.17) is 9.84 Å². The van der Waals surface area contributed by atoms with Gasteiger partial charge in [0.1, 0.15) is 0 Å². The third-order valence-corrected chi connectivity index (χ3v) is 3.23. The Hall–Kier alpha value is -1.36. The maximum absolute atomic E-state index is 12.2. The smallest absolute Gasteiger partial charge is 0.305 e. The first-order valence-corrected chi connectivity index (χ1v) is 6.29. The van der Waals surface area contributed by atoms with E-state index in [0.717, 1.165) is 12.8 Å². The quantitative estimate of drug-likeness (QED) is 0.755. The topological polar surface area (TPSA) is 66.8 Å². The second kappa shape index (κ2) is 7.16. The van der Waals surface area contributed by atoms with Gasteiger partial charge in [0.25, 0.3) is 0 Å². The molecule has 102 valence electrons. The Labute approximate surface area is 107 Å². The fourth-order valence-corrected chi connectivity index (χ4v) is 2.01. The molecule has 0 atom stereocenters. The maximum Gasteiger partial charge on any atom is 0.305 e. The number of carbonyl (C=O) groups excluding carboxylic acids is 1. The highest BCUT2D eigenvalue weighted by Crippen LogP contribution is 2.17. The first-order chi connectivity index (χ1) is 8.56. The Kier molecular flexibility index (Phi) is 5.85. The number of carboxylic acids is 1. The number of rotatable bonds is 5. The number of allylic oxidation sites excluding steroid dienone is 1. The van der Waals surface area contributed by atoms with Crippen molar-refractivity contribution in [1.29, 1.82) is 0 Å². The molecule has 0 aliphatic carbocycles. The molecule has 1 saturated heterocycles. The molecule has 1 N–H and O–H groups in total. The highest BCUT2D eigenvalue weighted by atomic mass is 16.5. The van der Waals surface area contributed by atoms with Crippen LogP contribution in [-0.2, 0) is 14.3 Å². The zero-order chi connectivity index (χ0) is 13.5. The van der Waals surface area contributed by atoms with Gasteiger partial charge >= 0.3 is 5.97 Å². The summed E-state index contributed by atoms with van der Waals surface area (Å²) in [5.41, 5.74) is 0.659. The molecule has 1 aliphatic heterocycles. The predicted molar refractivity (Wildman–Crippen MR) is 67.2 cm³/mol. The molecule has 5 nitrogen and oxygen atoms in total. The summed E-state index contributed by atoms with van der Waals surface area (Å²) in [6.45, 7) is 5.11. The van der Waals surface area contributed by atoms with Gasteiger partial charge in [0.05, 0.1) is 6.42 Å². The van der Waals surface area contributed by atoms with Crippen LogP contribution >= 0.6 is 0 Å². The van der Waals surface area contributed by atoms with Crippen LogP contribution in [0.25, 0.3) is 0 Å². The molecule has 0 aromatic heterocycles. The second-order valence-corrected chi connectivity index (χ2v) is 4.46. The molecule has 1 aliphatic rings. The van der Waals surface area contributed by atoms with E-state index in [-0.39, 0.29) is 24.9 Å². The Morgan fingerprint density at radius 3 is 2.50 bits per heavy atom. The van der Waals surface area contributed by atoms with E-state index >= 15 is 0 Å². The molecule has 1 fully saturated rings. The monoisotopic (exact) mass is 255 g/mol. The van der Waals surface area contributed by atoms with Gasteiger partial charge in [-0.05, 0) is 26.7 Å². The van der Waals surface area contributed by atoms with Gasteiger partial charge in [-0.3, -0.25) is 9.59 Å².